The molecule has 15 heavy (non-hydrogen) atoms. The number of fused-ring (bicyclic) bond motifs is 1. The zero-order valence-electron chi connectivity index (χ0n) is 8.61. The smallest absolute Gasteiger partial charge is 0.231 e. The standard InChI is InChI=1S/C12H10N2O/c1-8-4-3-5-9-6-10(7-13)12(15-2)14-11(8)9/h3-6H,1-2H3. The highest BCUT2D eigenvalue weighted by Gasteiger charge is 2.07. The van der Waals surface area contributed by atoms with E-state index < -0.39 is 0 Å². The van der Waals surface area contributed by atoms with Crippen LogP contribution in [-0.2, 0) is 0 Å². The first-order valence-corrected chi connectivity index (χ1v) is 4.60. The van der Waals surface area contributed by atoms with E-state index in [0.29, 0.717) is 11.4 Å². The Kier molecular flexibility index (Phi) is 2.26. The van der Waals surface area contributed by atoms with Crippen LogP contribution in [0.2, 0.25) is 0 Å². The van der Waals surface area contributed by atoms with Gasteiger partial charge in [-0.3, -0.25) is 0 Å². The number of rotatable bonds is 1. The highest BCUT2D eigenvalue weighted by Crippen LogP contribution is 2.23. The van der Waals surface area contributed by atoms with Crippen LogP contribution < -0.4 is 4.74 Å². The quantitative estimate of drug-likeness (QED) is 0.706. The van der Waals surface area contributed by atoms with Crippen molar-refractivity contribution >= 4 is 10.9 Å². The second kappa shape index (κ2) is 3.58. The summed E-state index contributed by atoms with van der Waals surface area (Å²) in [6.45, 7) is 1.99. The van der Waals surface area contributed by atoms with Crippen LogP contribution in [0.4, 0.5) is 0 Å². The zero-order chi connectivity index (χ0) is 10.8. The largest absolute Gasteiger partial charge is 0.480 e. The maximum atomic E-state index is 8.91. The van der Waals surface area contributed by atoms with Crippen LogP contribution in [0.5, 0.6) is 5.88 Å². The molecule has 3 heteroatoms. The fourth-order valence-electron chi connectivity index (χ4n) is 1.57. The van der Waals surface area contributed by atoms with Gasteiger partial charge in [0.15, 0.2) is 0 Å². The molecular formula is C12H10N2O. The van der Waals surface area contributed by atoms with Crippen LogP contribution >= 0.6 is 0 Å². The molecule has 0 aliphatic carbocycles. The molecule has 0 unspecified atom stereocenters. The Morgan fingerprint density at radius 3 is 2.87 bits per heavy atom. The van der Waals surface area contributed by atoms with Gasteiger partial charge >= 0.3 is 0 Å². The van der Waals surface area contributed by atoms with E-state index in [1.807, 2.05) is 25.1 Å². The number of para-hydroxylation sites is 1. The predicted octanol–water partition coefficient (Wildman–Crippen LogP) is 2.42. The molecule has 0 aliphatic rings. The van der Waals surface area contributed by atoms with Crippen LogP contribution in [0.15, 0.2) is 24.3 Å². The number of nitrogens with zero attached hydrogens (tertiary/aromatic N) is 2. The number of methoxy groups -OCH3 is 1. The predicted molar refractivity (Wildman–Crippen MR) is 57.7 cm³/mol. The molecule has 74 valence electrons. The molecular weight excluding hydrogens is 188 g/mol. The highest BCUT2D eigenvalue weighted by atomic mass is 16.5. The number of benzene rings is 1. The van der Waals surface area contributed by atoms with Gasteiger partial charge in [0, 0.05) is 5.39 Å². The molecule has 0 radical (unpaired) electrons. The minimum absolute atomic E-state index is 0.388. The van der Waals surface area contributed by atoms with Gasteiger partial charge in [0.2, 0.25) is 5.88 Å². The van der Waals surface area contributed by atoms with E-state index in [2.05, 4.69) is 11.1 Å². The van der Waals surface area contributed by atoms with E-state index in [9.17, 15) is 0 Å². The normalized spacial score (nSPS) is 9.93. The Bertz CT molecular complexity index is 555. The first-order valence-electron chi connectivity index (χ1n) is 4.60. The molecule has 0 amide bonds. The van der Waals surface area contributed by atoms with Crippen LogP contribution in [0.3, 0.4) is 0 Å². The third kappa shape index (κ3) is 1.50. The molecule has 0 bridgehead atoms. The summed E-state index contributed by atoms with van der Waals surface area (Å²) in [6, 6.07) is 9.75. The molecule has 1 aromatic heterocycles. The van der Waals surface area contributed by atoms with Gasteiger partial charge in [0.1, 0.15) is 11.6 Å². The molecule has 0 fully saturated rings. The molecule has 0 aliphatic heterocycles. The third-order valence-electron chi connectivity index (χ3n) is 2.33. The number of ether oxygens (including phenoxy) is 1. The van der Waals surface area contributed by atoms with Crippen molar-refractivity contribution in [2.45, 2.75) is 6.92 Å². The maximum Gasteiger partial charge on any atom is 0.231 e. The second-order valence-electron chi connectivity index (χ2n) is 3.30. The molecule has 2 aromatic rings. The topological polar surface area (TPSA) is 45.9 Å². The molecule has 0 atom stereocenters. The minimum Gasteiger partial charge on any atom is -0.480 e. The third-order valence-corrected chi connectivity index (χ3v) is 2.33. The van der Waals surface area contributed by atoms with Crippen molar-refractivity contribution in [2.75, 3.05) is 7.11 Å². The monoisotopic (exact) mass is 198 g/mol. The van der Waals surface area contributed by atoms with Gasteiger partial charge in [0.05, 0.1) is 12.6 Å². The summed E-state index contributed by atoms with van der Waals surface area (Å²) in [6.07, 6.45) is 0. The second-order valence-corrected chi connectivity index (χ2v) is 3.30. The summed E-state index contributed by atoms with van der Waals surface area (Å²) >= 11 is 0. The summed E-state index contributed by atoms with van der Waals surface area (Å²) in [5, 5.41) is 9.87. The Morgan fingerprint density at radius 1 is 1.40 bits per heavy atom. The average molecular weight is 198 g/mol. The fourth-order valence-corrected chi connectivity index (χ4v) is 1.57. The first kappa shape index (κ1) is 9.47. The van der Waals surface area contributed by atoms with Gasteiger partial charge in [-0.2, -0.15) is 5.26 Å². The van der Waals surface area contributed by atoms with E-state index in [0.717, 1.165) is 16.5 Å². The minimum atomic E-state index is 0.388. The summed E-state index contributed by atoms with van der Waals surface area (Å²) < 4.78 is 5.07. The SMILES string of the molecule is COc1nc2c(C)cccc2cc1C#N. The summed E-state index contributed by atoms with van der Waals surface area (Å²) in [4.78, 5) is 4.32. The van der Waals surface area contributed by atoms with Crippen molar-refractivity contribution in [3.63, 3.8) is 0 Å². The Hall–Kier alpha value is -2.08. The van der Waals surface area contributed by atoms with Gasteiger partial charge in [-0.05, 0) is 18.6 Å². The lowest BCUT2D eigenvalue weighted by Gasteiger charge is -2.05. The molecule has 0 spiro atoms. The first-order chi connectivity index (χ1) is 7.26. The Labute approximate surface area is 87.9 Å². The van der Waals surface area contributed by atoms with E-state index in [1.165, 1.54) is 7.11 Å². The summed E-state index contributed by atoms with van der Waals surface area (Å²) in [5.41, 5.74) is 2.43. The van der Waals surface area contributed by atoms with Crippen molar-refractivity contribution in [1.82, 2.24) is 4.98 Å². The zero-order valence-corrected chi connectivity index (χ0v) is 8.61. The maximum absolute atomic E-state index is 8.91. The molecule has 0 N–H and O–H groups in total. The average Bonchev–Trinajstić information content (AvgIpc) is 2.28. The lowest BCUT2D eigenvalue weighted by molar-refractivity contribution is 0.398. The lowest BCUT2D eigenvalue weighted by Crippen LogP contribution is -1.93. The number of pyridine rings is 1. The van der Waals surface area contributed by atoms with E-state index in [4.69, 9.17) is 10.00 Å². The number of aryl methyl sites for hydroxylation is 1. The number of nitriles is 1. The van der Waals surface area contributed by atoms with Crippen LogP contribution in [0.25, 0.3) is 10.9 Å². The fraction of sp³-hybridized carbons (Fsp3) is 0.167. The number of hydrogen-bond acceptors (Lipinski definition) is 3. The van der Waals surface area contributed by atoms with E-state index >= 15 is 0 Å². The van der Waals surface area contributed by atoms with E-state index in [1.54, 1.807) is 6.07 Å². The molecule has 1 heterocycles. The Morgan fingerprint density at radius 2 is 2.20 bits per heavy atom. The van der Waals surface area contributed by atoms with Crippen molar-refractivity contribution < 1.29 is 4.74 Å². The lowest BCUT2D eigenvalue weighted by atomic mass is 10.1. The van der Waals surface area contributed by atoms with Gasteiger partial charge < -0.3 is 4.74 Å². The molecule has 0 saturated carbocycles. The van der Waals surface area contributed by atoms with Crippen molar-refractivity contribution in [3.8, 4) is 11.9 Å². The summed E-state index contributed by atoms with van der Waals surface area (Å²) in [5.74, 6) is 0.388. The van der Waals surface area contributed by atoms with Gasteiger partial charge in [-0.25, -0.2) is 4.98 Å². The van der Waals surface area contributed by atoms with Crippen molar-refractivity contribution in [2.24, 2.45) is 0 Å². The number of aromatic nitrogens is 1. The van der Waals surface area contributed by atoms with Crippen LogP contribution in [-0.4, -0.2) is 12.1 Å². The molecule has 0 saturated heterocycles. The van der Waals surface area contributed by atoms with Gasteiger partial charge in [-0.15, -0.1) is 0 Å². The van der Waals surface area contributed by atoms with Crippen molar-refractivity contribution in [1.29, 1.82) is 5.26 Å². The Balaban J connectivity index is 2.83. The highest BCUT2D eigenvalue weighted by molar-refractivity contribution is 5.83. The van der Waals surface area contributed by atoms with Crippen LogP contribution in [0.1, 0.15) is 11.1 Å². The molecule has 3 nitrogen and oxygen atoms in total. The van der Waals surface area contributed by atoms with E-state index in [-0.39, 0.29) is 0 Å². The van der Waals surface area contributed by atoms with Crippen molar-refractivity contribution in [3.05, 3.63) is 35.4 Å². The molecule has 1 aromatic carbocycles. The summed E-state index contributed by atoms with van der Waals surface area (Å²) in [7, 11) is 1.52. The van der Waals surface area contributed by atoms with Gasteiger partial charge in [-0.1, -0.05) is 18.2 Å². The van der Waals surface area contributed by atoms with Crippen LogP contribution in [0, 0.1) is 18.3 Å². The molecule has 2 rings (SSSR count). The number of hydrogen-bond donors (Lipinski definition) is 0. The van der Waals surface area contributed by atoms with Gasteiger partial charge in [0.25, 0.3) is 0 Å².